The zero-order valence-electron chi connectivity index (χ0n) is 13.8. The predicted molar refractivity (Wildman–Crippen MR) is 86.1 cm³/mol. The number of ether oxygens (including phenoxy) is 3. The number of rotatable bonds is 5. The van der Waals surface area contributed by atoms with E-state index in [0.29, 0.717) is 11.5 Å². The summed E-state index contributed by atoms with van der Waals surface area (Å²) in [5.41, 5.74) is -0.144. The summed E-state index contributed by atoms with van der Waals surface area (Å²) in [4.78, 5) is 12.0. The molecular formula is C18H16F3NO4. The van der Waals surface area contributed by atoms with E-state index in [1.54, 1.807) is 25.1 Å². The van der Waals surface area contributed by atoms with Crippen LogP contribution in [0.4, 0.5) is 13.2 Å². The number of para-hydroxylation sites is 1. The summed E-state index contributed by atoms with van der Waals surface area (Å²) in [6.45, 7) is 1.37. The van der Waals surface area contributed by atoms with E-state index in [1.807, 2.05) is 0 Å². The molecule has 2 aromatic rings. The molecule has 1 N–H and O–H groups in total. The van der Waals surface area contributed by atoms with Gasteiger partial charge in [-0.1, -0.05) is 18.2 Å². The maximum atomic E-state index is 12.9. The minimum Gasteiger partial charge on any atom is -0.483 e. The summed E-state index contributed by atoms with van der Waals surface area (Å²) in [6.07, 6.45) is -4.55. The van der Waals surface area contributed by atoms with Crippen LogP contribution in [0, 0.1) is 0 Å². The molecule has 1 unspecified atom stereocenters. The first-order chi connectivity index (χ1) is 12.3. The Morgan fingerprint density at radius 1 is 1.19 bits per heavy atom. The first-order valence-corrected chi connectivity index (χ1v) is 7.82. The molecule has 5 nitrogen and oxygen atoms in total. The molecule has 0 saturated heterocycles. The monoisotopic (exact) mass is 367 g/mol. The Morgan fingerprint density at radius 2 is 1.92 bits per heavy atom. The Kier molecular flexibility index (Phi) is 4.92. The van der Waals surface area contributed by atoms with Crippen LogP contribution in [0.2, 0.25) is 0 Å². The lowest BCUT2D eigenvalue weighted by Crippen LogP contribution is -2.31. The molecule has 1 heterocycles. The summed E-state index contributed by atoms with van der Waals surface area (Å²) in [7, 11) is 0. The van der Waals surface area contributed by atoms with E-state index in [4.69, 9.17) is 14.2 Å². The van der Waals surface area contributed by atoms with Crippen LogP contribution in [-0.4, -0.2) is 19.3 Å². The van der Waals surface area contributed by atoms with Gasteiger partial charge >= 0.3 is 6.18 Å². The van der Waals surface area contributed by atoms with Crippen LogP contribution in [0.15, 0.2) is 42.5 Å². The topological polar surface area (TPSA) is 56.8 Å². The Bertz CT molecular complexity index is 807. The molecule has 0 radical (unpaired) electrons. The van der Waals surface area contributed by atoms with Gasteiger partial charge in [-0.15, -0.1) is 0 Å². The normalized spacial score (nSPS) is 14.0. The molecule has 1 amide bonds. The second-order valence-corrected chi connectivity index (χ2v) is 5.68. The first-order valence-electron chi connectivity index (χ1n) is 7.82. The Morgan fingerprint density at radius 3 is 2.69 bits per heavy atom. The van der Waals surface area contributed by atoms with Gasteiger partial charge in [0.05, 0.1) is 11.6 Å². The summed E-state index contributed by atoms with van der Waals surface area (Å²) in [6, 6.07) is 9.63. The summed E-state index contributed by atoms with van der Waals surface area (Å²) >= 11 is 0. The molecule has 1 aliphatic heterocycles. The highest BCUT2D eigenvalue weighted by Crippen LogP contribution is 2.36. The number of nitrogens with one attached hydrogen (secondary N) is 1. The van der Waals surface area contributed by atoms with E-state index in [-0.39, 0.29) is 18.6 Å². The maximum Gasteiger partial charge on any atom is 0.419 e. The number of hydrogen-bond acceptors (Lipinski definition) is 4. The standard InChI is InChI=1S/C18H16F3NO4/c1-11(12-6-7-15-16(8-12)26-10-25-15)22-17(23)9-24-14-5-3-2-4-13(14)18(19,20)21/h2-8,11H,9-10H2,1H3,(H,22,23). The predicted octanol–water partition coefficient (Wildman–Crippen LogP) is 3.69. The third-order valence-electron chi connectivity index (χ3n) is 3.83. The third kappa shape index (κ3) is 4.01. The number of carbonyl (C=O) groups excluding carboxylic acids is 1. The van der Waals surface area contributed by atoms with E-state index in [1.165, 1.54) is 18.2 Å². The van der Waals surface area contributed by atoms with Gasteiger partial charge in [-0.25, -0.2) is 0 Å². The highest BCUT2D eigenvalue weighted by Gasteiger charge is 2.34. The number of fused-ring (bicyclic) bond motifs is 1. The van der Waals surface area contributed by atoms with E-state index < -0.39 is 24.3 Å². The minimum atomic E-state index is -4.55. The van der Waals surface area contributed by atoms with Crippen LogP contribution in [0.3, 0.4) is 0 Å². The zero-order valence-corrected chi connectivity index (χ0v) is 13.8. The summed E-state index contributed by atoms with van der Waals surface area (Å²) in [5, 5.41) is 2.67. The Labute approximate surface area is 147 Å². The molecule has 26 heavy (non-hydrogen) atoms. The molecule has 0 bridgehead atoms. The highest BCUT2D eigenvalue weighted by molar-refractivity contribution is 5.78. The van der Waals surface area contributed by atoms with Gasteiger partial charge < -0.3 is 19.5 Å². The van der Waals surface area contributed by atoms with Crippen molar-refractivity contribution in [1.82, 2.24) is 5.32 Å². The molecule has 0 saturated carbocycles. The number of amides is 1. The molecule has 138 valence electrons. The average Bonchev–Trinajstić information content (AvgIpc) is 3.07. The second-order valence-electron chi connectivity index (χ2n) is 5.68. The van der Waals surface area contributed by atoms with Crippen molar-refractivity contribution in [3.05, 3.63) is 53.6 Å². The van der Waals surface area contributed by atoms with Crippen molar-refractivity contribution in [3.8, 4) is 17.2 Å². The number of carbonyl (C=O) groups is 1. The molecule has 2 aromatic carbocycles. The van der Waals surface area contributed by atoms with Crippen LogP contribution in [-0.2, 0) is 11.0 Å². The van der Waals surface area contributed by atoms with Gasteiger partial charge in [0.1, 0.15) is 5.75 Å². The molecule has 1 atom stereocenters. The molecular weight excluding hydrogens is 351 g/mol. The Hall–Kier alpha value is -2.90. The fourth-order valence-electron chi connectivity index (χ4n) is 2.52. The van der Waals surface area contributed by atoms with Crippen molar-refractivity contribution in [3.63, 3.8) is 0 Å². The molecule has 0 aromatic heterocycles. The van der Waals surface area contributed by atoms with Gasteiger partial charge in [0.25, 0.3) is 5.91 Å². The van der Waals surface area contributed by atoms with Crippen LogP contribution in [0.5, 0.6) is 17.2 Å². The molecule has 0 fully saturated rings. The fourth-order valence-corrected chi connectivity index (χ4v) is 2.52. The van der Waals surface area contributed by atoms with Crippen LogP contribution in [0.1, 0.15) is 24.1 Å². The van der Waals surface area contributed by atoms with Crippen molar-refractivity contribution in [2.24, 2.45) is 0 Å². The largest absolute Gasteiger partial charge is 0.483 e. The number of hydrogen-bond donors (Lipinski definition) is 1. The van der Waals surface area contributed by atoms with Crippen LogP contribution < -0.4 is 19.5 Å². The quantitative estimate of drug-likeness (QED) is 0.876. The van der Waals surface area contributed by atoms with E-state index >= 15 is 0 Å². The lowest BCUT2D eigenvalue weighted by molar-refractivity contribution is -0.139. The van der Waals surface area contributed by atoms with Crippen molar-refractivity contribution in [1.29, 1.82) is 0 Å². The van der Waals surface area contributed by atoms with E-state index in [9.17, 15) is 18.0 Å². The van der Waals surface area contributed by atoms with Crippen molar-refractivity contribution < 1.29 is 32.2 Å². The number of alkyl halides is 3. The van der Waals surface area contributed by atoms with Gasteiger partial charge in [-0.2, -0.15) is 13.2 Å². The van der Waals surface area contributed by atoms with E-state index in [2.05, 4.69) is 5.32 Å². The van der Waals surface area contributed by atoms with Crippen molar-refractivity contribution >= 4 is 5.91 Å². The third-order valence-corrected chi connectivity index (χ3v) is 3.83. The lowest BCUT2D eigenvalue weighted by atomic mass is 10.1. The summed E-state index contributed by atoms with van der Waals surface area (Å²) < 4.78 is 54.3. The Balaban J connectivity index is 1.60. The molecule has 8 heteroatoms. The second kappa shape index (κ2) is 7.15. The maximum absolute atomic E-state index is 12.9. The number of benzene rings is 2. The molecule has 3 rings (SSSR count). The van der Waals surface area contributed by atoms with Crippen molar-refractivity contribution in [2.75, 3.05) is 13.4 Å². The van der Waals surface area contributed by atoms with Gasteiger partial charge in [-0.05, 0) is 36.8 Å². The zero-order chi connectivity index (χ0) is 18.7. The molecule has 0 aliphatic carbocycles. The summed E-state index contributed by atoms with van der Waals surface area (Å²) in [5.74, 6) is 0.288. The van der Waals surface area contributed by atoms with Gasteiger partial charge in [0.15, 0.2) is 18.1 Å². The van der Waals surface area contributed by atoms with Crippen LogP contribution in [0.25, 0.3) is 0 Å². The minimum absolute atomic E-state index is 0.145. The van der Waals surface area contributed by atoms with Gasteiger partial charge in [0, 0.05) is 0 Å². The lowest BCUT2D eigenvalue weighted by Gasteiger charge is -2.16. The van der Waals surface area contributed by atoms with Gasteiger partial charge in [0.2, 0.25) is 6.79 Å². The first kappa shape index (κ1) is 17.9. The molecule has 1 aliphatic rings. The average molecular weight is 367 g/mol. The van der Waals surface area contributed by atoms with Crippen LogP contribution >= 0.6 is 0 Å². The molecule has 0 spiro atoms. The SMILES string of the molecule is CC(NC(=O)COc1ccccc1C(F)(F)F)c1ccc2c(c1)OCO2. The van der Waals surface area contributed by atoms with Gasteiger partial charge in [-0.3, -0.25) is 4.79 Å². The van der Waals surface area contributed by atoms with Crippen molar-refractivity contribution in [2.45, 2.75) is 19.1 Å². The highest BCUT2D eigenvalue weighted by atomic mass is 19.4. The number of halogens is 3. The fraction of sp³-hybridized carbons (Fsp3) is 0.278. The smallest absolute Gasteiger partial charge is 0.419 e. The van der Waals surface area contributed by atoms with E-state index in [0.717, 1.165) is 11.6 Å².